The molecule has 1 aromatic heterocycles. The number of rotatable bonds is 4. The molecular weight excluding hydrogens is 254 g/mol. The lowest BCUT2D eigenvalue weighted by Crippen LogP contribution is -2.25. The van der Waals surface area contributed by atoms with Crippen molar-refractivity contribution in [2.24, 2.45) is 0 Å². The summed E-state index contributed by atoms with van der Waals surface area (Å²) < 4.78 is 5.45. The fraction of sp³-hybridized carbons (Fsp3) is 0.400. The highest BCUT2D eigenvalue weighted by molar-refractivity contribution is 5.91. The van der Waals surface area contributed by atoms with Crippen LogP contribution >= 0.6 is 0 Å². The van der Waals surface area contributed by atoms with E-state index in [4.69, 9.17) is 4.74 Å². The summed E-state index contributed by atoms with van der Waals surface area (Å²) >= 11 is 0. The number of H-pyrrole nitrogens is 1. The summed E-state index contributed by atoms with van der Waals surface area (Å²) in [6, 6.07) is 5.70. The maximum atomic E-state index is 11.7. The standard InChI is InChI=1S/C15H21N3O2/c1-17(2)9-8-11-10-16-12-6-5-7-13(14(11)12)20-15(19)18(3)4/h5-7,10,16H,8-9H2,1-4H3. The summed E-state index contributed by atoms with van der Waals surface area (Å²) in [6.07, 6.45) is 2.53. The number of fused-ring (bicyclic) bond motifs is 1. The molecule has 20 heavy (non-hydrogen) atoms. The Morgan fingerprint density at radius 1 is 1.25 bits per heavy atom. The van der Waals surface area contributed by atoms with Crippen molar-refractivity contribution >= 4 is 17.0 Å². The zero-order chi connectivity index (χ0) is 14.7. The van der Waals surface area contributed by atoms with Crippen LogP contribution in [0.25, 0.3) is 10.9 Å². The third-order valence-corrected chi connectivity index (χ3v) is 3.14. The molecule has 0 radical (unpaired) electrons. The number of nitrogens with zero attached hydrogens (tertiary/aromatic N) is 2. The number of likely N-dealkylation sites (N-methyl/N-ethyl adjacent to an activating group) is 1. The molecule has 1 aromatic carbocycles. The second-order valence-electron chi connectivity index (χ2n) is 5.31. The Morgan fingerprint density at radius 2 is 2.00 bits per heavy atom. The third-order valence-electron chi connectivity index (χ3n) is 3.14. The normalized spacial score (nSPS) is 11.1. The molecule has 2 rings (SSSR count). The van der Waals surface area contributed by atoms with Gasteiger partial charge in [0.2, 0.25) is 0 Å². The van der Waals surface area contributed by atoms with Gasteiger partial charge < -0.3 is 19.5 Å². The second kappa shape index (κ2) is 5.96. The number of benzene rings is 1. The number of hydrogen-bond donors (Lipinski definition) is 1. The average Bonchev–Trinajstić information content (AvgIpc) is 2.80. The highest BCUT2D eigenvalue weighted by Gasteiger charge is 2.13. The van der Waals surface area contributed by atoms with Crippen LogP contribution in [0.4, 0.5) is 4.79 Å². The summed E-state index contributed by atoms with van der Waals surface area (Å²) in [7, 11) is 7.43. The van der Waals surface area contributed by atoms with Gasteiger partial charge in [-0.05, 0) is 38.2 Å². The molecule has 5 heteroatoms. The van der Waals surface area contributed by atoms with Crippen molar-refractivity contribution in [2.75, 3.05) is 34.7 Å². The summed E-state index contributed by atoms with van der Waals surface area (Å²) in [5.41, 5.74) is 2.15. The molecule has 0 spiro atoms. The quantitative estimate of drug-likeness (QED) is 0.931. The fourth-order valence-corrected chi connectivity index (χ4v) is 2.03. The van der Waals surface area contributed by atoms with E-state index in [-0.39, 0.29) is 6.09 Å². The summed E-state index contributed by atoms with van der Waals surface area (Å²) in [5, 5.41) is 0.990. The monoisotopic (exact) mass is 275 g/mol. The summed E-state index contributed by atoms with van der Waals surface area (Å²) in [6.45, 7) is 0.947. The molecule has 108 valence electrons. The van der Waals surface area contributed by atoms with Gasteiger partial charge in [-0.25, -0.2) is 4.79 Å². The number of carbonyl (C=O) groups excluding carboxylic acids is 1. The predicted octanol–water partition coefficient (Wildman–Crippen LogP) is 2.33. The van der Waals surface area contributed by atoms with Crippen LogP contribution in [0.5, 0.6) is 5.75 Å². The number of carbonyl (C=O) groups is 1. The molecule has 1 heterocycles. The molecule has 5 nitrogen and oxygen atoms in total. The lowest BCUT2D eigenvalue weighted by atomic mass is 10.1. The average molecular weight is 275 g/mol. The molecule has 0 aliphatic carbocycles. The number of ether oxygens (including phenoxy) is 1. The van der Waals surface area contributed by atoms with E-state index >= 15 is 0 Å². The highest BCUT2D eigenvalue weighted by Crippen LogP contribution is 2.29. The van der Waals surface area contributed by atoms with Crippen molar-refractivity contribution < 1.29 is 9.53 Å². The number of amides is 1. The minimum Gasteiger partial charge on any atom is -0.409 e. The number of nitrogens with one attached hydrogen (secondary N) is 1. The van der Waals surface area contributed by atoms with Gasteiger partial charge in [0.1, 0.15) is 5.75 Å². The number of hydrogen-bond acceptors (Lipinski definition) is 3. The molecule has 1 amide bonds. The smallest absolute Gasteiger partial charge is 0.409 e. The zero-order valence-corrected chi connectivity index (χ0v) is 12.4. The van der Waals surface area contributed by atoms with Crippen molar-refractivity contribution in [1.82, 2.24) is 14.8 Å². The number of aromatic amines is 1. The Kier molecular flexibility index (Phi) is 4.29. The number of aromatic nitrogens is 1. The van der Waals surface area contributed by atoms with Crippen molar-refractivity contribution in [3.63, 3.8) is 0 Å². The minimum atomic E-state index is -0.364. The first-order chi connectivity index (χ1) is 9.49. The van der Waals surface area contributed by atoms with E-state index < -0.39 is 0 Å². The predicted molar refractivity (Wildman–Crippen MR) is 80.3 cm³/mol. The van der Waals surface area contributed by atoms with Gasteiger partial charge in [-0.15, -0.1) is 0 Å². The lowest BCUT2D eigenvalue weighted by Gasteiger charge is -2.13. The van der Waals surface area contributed by atoms with Crippen LogP contribution in [0.1, 0.15) is 5.56 Å². The van der Waals surface area contributed by atoms with Crippen molar-refractivity contribution in [1.29, 1.82) is 0 Å². The molecular formula is C15H21N3O2. The Bertz CT molecular complexity index is 602. The van der Waals surface area contributed by atoms with E-state index in [0.717, 1.165) is 29.4 Å². The second-order valence-corrected chi connectivity index (χ2v) is 5.31. The van der Waals surface area contributed by atoms with Crippen LogP contribution in [0.2, 0.25) is 0 Å². The molecule has 0 fully saturated rings. The van der Waals surface area contributed by atoms with E-state index in [9.17, 15) is 4.79 Å². The third kappa shape index (κ3) is 3.11. The topological polar surface area (TPSA) is 48.6 Å². The molecule has 0 atom stereocenters. The Balaban J connectivity index is 2.33. The van der Waals surface area contributed by atoms with Crippen molar-refractivity contribution in [3.8, 4) is 5.75 Å². The van der Waals surface area contributed by atoms with Gasteiger partial charge >= 0.3 is 6.09 Å². The largest absolute Gasteiger partial charge is 0.414 e. The molecule has 0 saturated carbocycles. The van der Waals surface area contributed by atoms with Gasteiger partial charge in [-0.2, -0.15) is 0 Å². The first kappa shape index (κ1) is 14.4. The van der Waals surface area contributed by atoms with Gasteiger partial charge in [-0.1, -0.05) is 6.07 Å². The van der Waals surface area contributed by atoms with Crippen LogP contribution in [0.15, 0.2) is 24.4 Å². The van der Waals surface area contributed by atoms with E-state index in [0.29, 0.717) is 5.75 Å². The van der Waals surface area contributed by atoms with E-state index in [1.54, 1.807) is 14.1 Å². The summed E-state index contributed by atoms with van der Waals surface area (Å²) in [4.78, 5) is 18.5. The molecule has 1 N–H and O–H groups in total. The molecule has 2 aromatic rings. The van der Waals surface area contributed by atoms with Gasteiger partial charge in [0, 0.05) is 37.7 Å². The molecule has 0 aliphatic heterocycles. The van der Waals surface area contributed by atoms with E-state index in [2.05, 4.69) is 9.88 Å². The maximum absolute atomic E-state index is 11.7. The first-order valence-corrected chi connectivity index (χ1v) is 6.62. The van der Waals surface area contributed by atoms with Crippen LogP contribution in [-0.4, -0.2) is 55.6 Å². The van der Waals surface area contributed by atoms with Crippen LogP contribution in [0.3, 0.4) is 0 Å². The van der Waals surface area contributed by atoms with Crippen LogP contribution in [-0.2, 0) is 6.42 Å². The van der Waals surface area contributed by atoms with Crippen molar-refractivity contribution in [3.05, 3.63) is 30.0 Å². The van der Waals surface area contributed by atoms with E-state index in [1.807, 2.05) is 38.5 Å². The highest BCUT2D eigenvalue weighted by atomic mass is 16.6. The minimum absolute atomic E-state index is 0.364. The van der Waals surface area contributed by atoms with Gasteiger partial charge in [0.25, 0.3) is 0 Å². The Hall–Kier alpha value is -2.01. The molecule has 0 saturated heterocycles. The molecule has 0 bridgehead atoms. The van der Waals surface area contributed by atoms with E-state index in [1.165, 1.54) is 4.90 Å². The zero-order valence-electron chi connectivity index (χ0n) is 12.4. The molecule has 0 unspecified atom stereocenters. The van der Waals surface area contributed by atoms with Gasteiger partial charge in [-0.3, -0.25) is 0 Å². The van der Waals surface area contributed by atoms with Crippen LogP contribution < -0.4 is 4.74 Å². The SMILES string of the molecule is CN(C)CCc1c[nH]c2cccc(OC(=O)N(C)C)c12. The lowest BCUT2D eigenvalue weighted by molar-refractivity contribution is 0.172. The van der Waals surface area contributed by atoms with Crippen LogP contribution in [0, 0.1) is 0 Å². The van der Waals surface area contributed by atoms with Crippen molar-refractivity contribution in [2.45, 2.75) is 6.42 Å². The van der Waals surface area contributed by atoms with Gasteiger partial charge in [0.15, 0.2) is 0 Å². The fourth-order valence-electron chi connectivity index (χ4n) is 2.03. The Labute approximate surface area is 119 Å². The maximum Gasteiger partial charge on any atom is 0.414 e. The first-order valence-electron chi connectivity index (χ1n) is 6.62. The Morgan fingerprint density at radius 3 is 2.65 bits per heavy atom. The molecule has 0 aliphatic rings. The van der Waals surface area contributed by atoms with Gasteiger partial charge in [0.05, 0.1) is 0 Å². The summed E-state index contributed by atoms with van der Waals surface area (Å²) in [5.74, 6) is 0.608.